The van der Waals surface area contributed by atoms with Crippen LogP contribution in [0.15, 0.2) is 48.5 Å². The lowest BCUT2D eigenvalue weighted by molar-refractivity contribution is -0.138. The number of amides is 1. The van der Waals surface area contributed by atoms with E-state index >= 15 is 0 Å². The molecule has 1 aliphatic heterocycles. The van der Waals surface area contributed by atoms with E-state index in [1.165, 1.54) is 30.1 Å². The average molecular weight is 306 g/mol. The van der Waals surface area contributed by atoms with E-state index in [1.54, 1.807) is 24.3 Å². The zero-order valence-corrected chi connectivity index (χ0v) is 11.7. The smallest absolute Gasteiger partial charge is 0.361 e. The third kappa shape index (κ3) is 2.30. The van der Waals surface area contributed by atoms with Crippen LogP contribution in [-0.4, -0.2) is 17.9 Å². The van der Waals surface area contributed by atoms with Crippen LogP contribution in [-0.2, 0) is 6.18 Å². The van der Waals surface area contributed by atoms with Gasteiger partial charge in [-0.25, -0.2) is 0 Å². The lowest BCUT2D eigenvalue weighted by Gasteiger charge is -2.36. The van der Waals surface area contributed by atoms with Crippen LogP contribution >= 0.6 is 0 Å². The van der Waals surface area contributed by atoms with E-state index < -0.39 is 17.9 Å². The lowest BCUT2D eigenvalue weighted by atomic mass is 10.00. The Kier molecular flexibility index (Phi) is 3.31. The number of para-hydroxylation sites is 1. The van der Waals surface area contributed by atoms with Gasteiger partial charge in [-0.3, -0.25) is 4.79 Å². The summed E-state index contributed by atoms with van der Waals surface area (Å²) in [6.07, 6.45) is -5.33. The second-order valence-corrected chi connectivity index (χ2v) is 5.09. The molecule has 22 heavy (non-hydrogen) atoms. The Labute approximate surface area is 125 Å². The molecule has 2 aromatic carbocycles. The summed E-state index contributed by atoms with van der Waals surface area (Å²) in [6.45, 7) is 0. The van der Waals surface area contributed by atoms with Gasteiger partial charge in [0.15, 0.2) is 0 Å². The van der Waals surface area contributed by atoms with Gasteiger partial charge >= 0.3 is 6.18 Å². The van der Waals surface area contributed by atoms with Crippen molar-refractivity contribution in [2.45, 2.75) is 12.3 Å². The Morgan fingerprint density at radius 3 is 2.41 bits per heavy atom. The molecule has 0 bridgehead atoms. The monoisotopic (exact) mass is 306 g/mol. The van der Waals surface area contributed by atoms with Crippen molar-refractivity contribution in [1.82, 2.24) is 4.90 Å². The number of carbonyl (C=O) groups excluding carboxylic acids is 1. The Morgan fingerprint density at radius 1 is 1.05 bits per heavy atom. The summed E-state index contributed by atoms with van der Waals surface area (Å²) >= 11 is 0. The maximum atomic E-state index is 13.2. The van der Waals surface area contributed by atoms with E-state index in [-0.39, 0.29) is 11.5 Å². The Balaban J connectivity index is 2.10. The molecular formula is C16H13F3N2O. The third-order valence-electron chi connectivity index (χ3n) is 3.72. The number of halogens is 3. The number of anilines is 1. The summed E-state index contributed by atoms with van der Waals surface area (Å²) in [5, 5.41) is 3.01. The minimum atomic E-state index is -4.47. The van der Waals surface area contributed by atoms with Gasteiger partial charge in [0.05, 0.1) is 11.1 Å². The Bertz CT molecular complexity index is 727. The fraction of sp³-hybridized carbons (Fsp3) is 0.188. The summed E-state index contributed by atoms with van der Waals surface area (Å²) < 4.78 is 39.6. The van der Waals surface area contributed by atoms with Gasteiger partial charge < -0.3 is 10.2 Å². The van der Waals surface area contributed by atoms with Gasteiger partial charge in [-0.2, -0.15) is 13.2 Å². The molecule has 0 fully saturated rings. The van der Waals surface area contributed by atoms with E-state index in [2.05, 4.69) is 5.32 Å². The second kappa shape index (κ2) is 5.05. The predicted molar refractivity (Wildman–Crippen MR) is 76.3 cm³/mol. The first-order chi connectivity index (χ1) is 10.4. The number of nitrogens with one attached hydrogen (secondary N) is 1. The molecule has 0 saturated heterocycles. The first-order valence-corrected chi connectivity index (χ1v) is 6.68. The molecule has 1 atom stereocenters. The normalized spacial score (nSPS) is 17.9. The summed E-state index contributed by atoms with van der Waals surface area (Å²) in [5.74, 6) is -0.309. The van der Waals surface area contributed by atoms with Crippen molar-refractivity contribution >= 4 is 11.6 Å². The molecule has 0 radical (unpaired) electrons. The average Bonchev–Trinajstić information content (AvgIpc) is 2.50. The van der Waals surface area contributed by atoms with Crippen molar-refractivity contribution in [2.24, 2.45) is 0 Å². The summed E-state index contributed by atoms with van der Waals surface area (Å²) in [7, 11) is 1.49. The van der Waals surface area contributed by atoms with Crippen LogP contribution in [0.25, 0.3) is 0 Å². The number of carbonyl (C=O) groups is 1. The zero-order valence-electron chi connectivity index (χ0n) is 11.7. The Hall–Kier alpha value is -2.50. The molecule has 1 N–H and O–H groups in total. The minimum Gasteiger partial charge on any atom is -0.361 e. The molecule has 0 saturated carbocycles. The van der Waals surface area contributed by atoms with Crippen LogP contribution in [0.4, 0.5) is 18.9 Å². The molecular weight excluding hydrogens is 293 g/mol. The molecule has 3 nitrogen and oxygen atoms in total. The first-order valence-electron chi connectivity index (χ1n) is 6.68. The molecule has 1 aliphatic rings. The number of hydrogen-bond acceptors (Lipinski definition) is 2. The van der Waals surface area contributed by atoms with Crippen LogP contribution in [0.3, 0.4) is 0 Å². The molecule has 3 rings (SSSR count). The van der Waals surface area contributed by atoms with Crippen LogP contribution in [0, 0.1) is 0 Å². The van der Waals surface area contributed by atoms with Gasteiger partial charge in [0.1, 0.15) is 6.17 Å². The molecule has 0 aromatic heterocycles. The van der Waals surface area contributed by atoms with Crippen molar-refractivity contribution in [3.63, 3.8) is 0 Å². The fourth-order valence-electron chi connectivity index (χ4n) is 2.63. The quantitative estimate of drug-likeness (QED) is 0.866. The predicted octanol–water partition coefficient (Wildman–Crippen LogP) is 3.90. The number of fused-ring (bicyclic) bond motifs is 1. The maximum Gasteiger partial charge on any atom is 0.416 e. The van der Waals surface area contributed by atoms with Crippen LogP contribution in [0.2, 0.25) is 0 Å². The summed E-state index contributed by atoms with van der Waals surface area (Å²) in [5.41, 5.74) is 0.269. The lowest BCUT2D eigenvalue weighted by Crippen LogP contribution is -2.41. The first kappa shape index (κ1) is 14.4. The van der Waals surface area contributed by atoms with Crippen molar-refractivity contribution in [3.05, 3.63) is 65.2 Å². The van der Waals surface area contributed by atoms with E-state index in [1.807, 2.05) is 0 Å². The van der Waals surface area contributed by atoms with Crippen molar-refractivity contribution in [1.29, 1.82) is 0 Å². The van der Waals surface area contributed by atoms with Crippen molar-refractivity contribution < 1.29 is 18.0 Å². The van der Waals surface area contributed by atoms with E-state index in [0.717, 1.165) is 6.07 Å². The van der Waals surface area contributed by atoms with E-state index in [0.29, 0.717) is 11.3 Å². The van der Waals surface area contributed by atoms with Gasteiger partial charge in [0, 0.05) is 18.3 Å². The number of hydrogen-bond donors (Lipinski definition) is 1. The van der Waals surface area contributed by atoms with Crippen molar-refractivity contribution in [2.75, 3.05) is 12.4 Å². The highest BCUT2D eigenvalue weighted by atomic mass is 19.4. The van der Waals surface area contributed by atoms with Crippen molar-refractivity contribution in [3.8, 4) is 0 Å². The van der Waals surface area contributed by atoms with Gasteiger partial charge in [0.25, 0.3) is 5.91 Å². The highest BCUT2D eigenvalue weighted by Gasteiger charge is 2.38. The summed E-state index contributed by atoms with van der Waals surface area (Å²) in [4.78, 5) is 13.7. The van der Waals surface area contributed by atoms with Crippen LogP contribution in [0.1, 0.15) is 27.7 Å². The molecule has 0 spiro atoms. The SMILES string of the molecule is CN1C(=O)c2ccccc2NC1c1ccccc1C(F)(F)F. The number of benzene rings is 2. The molecule has 6 heteroatoms. The van der Waals surface area contributed by atoms with Crippen LogP contribution < -0.4 is 5.32 Å². The van der Waals surface area contributed by atoms with Gasteiger partial charge in [-0.05, 0) is 18.2 Å². The number of rotatable bonds is 1. The third-order valence-corrected chi connectivity index (χ3v) is 3.72. The molecule has 1 heterocycles. The fourth-order valence-corrected chi connectivity index (χ4v) is 2.63. The number of nitrogens with zero attached hydrogens (tertiary/aromatic N) is 1. The Morgan fingerprint density at radius 2 is 1.68 bits per heavy atom. The molecule has 1 amide bonds. The topological polar surface area (TPSA) is 32.3 Å². The largest absolute Gasteiger partial charge is 0.416 e. The van der Waals surface area contributed by atoms with E-state index in [9.17, 15) is 18.0 Å². The standard InChI is InChI=1S/C16H13F3N2O/c1-21-14(10-6-2-4-8-12(10)16(17,18)19)20-13-9-5-3-7-11(13)15(21)22/h2-9,14,20H,1H3. The van der Waals surface area contributed by atoms with Gasteiger partial charge in [0.2, 0.25) is 0 Å². The maximum absolute atomic E-state index is 13.2. The molecule has 0 aliphatic carbocycles. The summed E-state index contributed by atoms with van der Waals surface area (Å²) in [6, 6.07) is 12.1. The minimum absolute atomic E-state index is 0.0281. The number of alkyl halides is 3. The van der Waals surface area contributed by atoms with Gasteiger partial charge in [-0.15, -0.1) is 0 Å². The highest BCUT2D eigenvalue weighted by Crippen LogP contribution is 2.38. The molecule has 2 aromatic rings. The zero-order chi connectivity index (χ0) is 15.9. The van der Waals surface area contributed by atoms with Gasteiger partial charge in [-0.1, -0.05) is 30.3 Å². The molecule has 114 valence electrons. The van der Waals surface area contributed by atoms with Crippen LogP contribution in [0.5, 0.6) is 0 Å². The molecule has 1 unspecified atom stereocenters. The highest BCUT2D eigenvalue weighted by molar-refractivity contribution is 6.01. The second-order valence-electron chi connectivity index (χ2n) is 5.09. The van der Waals surface area contributed by atoms with E-state index in [4.69, 9.17) is 0 Å².